The summed E-state index contributed by atoms with van der Waals surface area (Å²) in [4.78, 5) is 20.6. The lowest BCUT2D eigenvalue weighted by Crippen LogP contribution is -2.16. The van der Waals surface area contributed by atoms with E-state index in [9.17, 15) is 20.2 Å². The number of non-ortho nitro benzene ring substituents is 1. The molecule has 0 spiro atoms. The lowest BCUT2D eigenvalue weighted by molar-refractivity contribution is -0.393. The first-order valence-electron chi connectivity index (χ1n) is 15.2. The number of ether oxygens (including phenoxy) is 9. The second kappa shape index (κ2) is 26.4. The van der Waals surface area contributed by atoms with Crippen molar-refractivity contribution in [2.24, 2.45) is 0 Å². The summed E-state index contributed by atoms with van der Waals surface area (Å²) in [5.74, 6) is 0.756. The second-order valence-electron chi connectivity index (χ2n) is 9.46. The number of nitro groups is 2. The van der Waals surface area contributed by atoms with E-state index in [1.54, 1.807) is 12.1 Å². The number of nitrogens with one attached hydrogen (secondary N) is 1. The second-order valence-corrected chi connectivity index (χ2v) is 9.46. The maximum atomic E-state index is 11.1. The highest BCUT2D eigenvalue weighted by atomic mass is 16.6. The molecule has 0 aliphatic heterocycles. The minimum absolute atomic E-state index is 0.185. The molecule has 0 unspecified atom stereocenters. The zero-order valence-corrected chi connectivity index (χ0v) is 26.5. The molecule has 0 atom stereocenters. The van der Waals surface area contributed by atoms with Crippen LogP contribution >= 0.6 is 0 Å². The first kappa shape index (κ1) is 39.5. The fourth-order valence-electron chi connectivity index (χ4n) is 3.62. The fourth-order valence-corrected chi connectivity index (χ4v) is 3.62. The number of rotatable bonds is 31. The molecular formula is C30H46N4O13. The average molecular weight is 671 g/mol. The molecule has 3 N–H and O–H groups in total. The Kier molecular flexibility index (Phi) is 22.2. The van der Waals surface area contributed by atoms with Crippen molar-refractivity contribution >= 4 is 22.7 Å². The van der Waals surface area contributed by atoms with Crippen LogP contribution in [-0.2, 0) is 37.9 Å². The number of nitrogen functional groups attached to an aromatic ring is 1. The van der Waals surface area contributed by atoms with Crippen molar-refractivity contribution < 1.29 is 52.5 Å². The largest absolute Gasteiger partial charge is 0.491 e. The van der Waals surface area contributed by atoms with Crippen LogP contribution in [0.3, 0.4) is 0 Å². The molecule has 17 nitrogen and oxygen atoms in total. The Morgan fingerprint density at radius 1 is 0.532 bits per heavy atom. The molecule has 0 radical (unpaired) electrons. The molecule has 0 amide bonds. The van der Waals surface area contributed by atoms with E-state index in [2.05, 4.69) is 5.32 Å². The Morgan fingerprint density at radius 3 is 1.34 bits per heavy atom. The highest BCUT2D eigenvalue weighted by molar-refractivity contribution is 5.65. The van der Waals surface area contributed by atoms with E-state index in [1.165, 1.54) is 12.1 Å². The number of hydrogen-bond acceptors (Lipinski definition) is 15. The SMILES string of the molecule is Nc1ccc(OCCOCCOCCOCCOCCOCCOCCOCCOCCNc2ccc([N+](=O)[O-])cc2[N+](=O)[O-])cc1. The average Bonchev–Trinajstić information content (AvgIpc) is 3.06. The Hall–Kier alpha value is -3.68. The smallest absolute Gasteiger partial charge is 0.299 e. The Morgan fingerprint density at radius 2 is 0.936 bits per heavy atom. The van der Waals surface area contributed by atoms with Gasteiger partial charge in [0.25, 0.3) is 11.4 Å². The van der Waals surface area contributed by atoms with E-state index < -0.39 is 9.85 Å². The van der Waals surface area contributed by atoms with Crippen LogP contribution in [0.5, 0.6) is 5.75 Å². The van der Waals surface area contributed by atoms with Gasteiger partial charge in [-0.1, -0.05) is 0 Å². The molecule has 0 aliphatic rings. The van der Waals surface area contributed by atoms with Crippen molar-refractivity contribution in [2.45, 2.75) is 0 Å². The van der Waals surface area contributed by atoms with Crippen LogP contribution in [0.25, 0.3) is 0 Å². The fraction of sp³-hybridized carbons (Fsp3) is 0.600. The summed E-state index contributed by atoms with van der Waals surface area (Å²) in [6, 6.07) is 10.6. The Bertz CT molecular complexity index is 1110. The van der Waals surface area contributed by atoms with Crippen molar-refractivity contribution in [3.63, 3.8) is 0 Å². The van der Waals surface area contributed by atoms with Gasteiger partial charge in [-0.25, -0.2) is 0 Å². The van der Waals surface area contributed by atoms with Gasteiger partial charge in [-0.2, -0.15) is 0 Å². The molecule has 0 aromatic heterocycles. The third-order valence-corrected chi connectivity index (χ3v) is 5.93. The molecule has 17 heteroatoms. The Balaban J connectivity index is 1.23. The summed E-state index contributed by atoms with van der Waals surface area (Å²) in [5.41, 5.74) is 5.80. The van der Waals surface area contributed by atoms with E-state index in [0.717, 1.165) is 11.8 Å². The van der Waals surface area contributed by atoms with Crippen molar-refractivity contribution in [3.05, 3.63) is 62.7 Å². The van der Waals surface area contributed by atoms with Gasteiger partial charge in [0, 0.05) is 18.3 Å². The molecule has 0 fully saturated rings. The number of nitro benzene ring substituents is 2. The quantitative estimate of drug-likeness (QED) is 0.0512. The van der Waals surface area contributed by atoms with Crippen molar-refractivity contribution in [2.75, 3.05) is 130 Å². The molecule has 0 saturated heterocycles. The summed E-state index contributed by atoms with van der Waals surface area (Å²) < 4.78 is 49.1. The normalized spacial score (nSPS) is 11.1. The molecule has 47 heavy (non-hydrogen) atoms. The minimum Gasteiger partial charge on any atom is -0.491 e. The summed E-state index contributed by atoms with van der Waals surface area (Å²) in [6.45, 7) is 7.69. The standard InChI is InChI=1S/C30H46N4O13/c31-26-1-4-28(5-2-26)47-24-23-46-22-21-45-20-19-44-18-17-43-16-15-42-14-13-41-12-11-40-10-9-39-8-7-32-29-6-3-27(33(35)36)25-30(29)34(37)38/h1-6,25,32H,7-24,31H2. The van der Waals surface area contributed by atoms with E-state index in [-0.39, 0.29) is 23.7 Å². The predicted molar refractivity (Wildman–Crippen MR) is 171 cm³/mol. The maximum Gasteiger partial charge on any atom is 0.299 e. The van der Waals surface area contributed by atoms with Crippen LogP contribution in [0.15, 0.2) is 42.5 Å². The highest BCUT2D eigenvalue weighted by Gasteiger charge is 2.19. The molecular weight excluding hydrogens is 624 g/mol. The lowest BCUT2D eigenvalue weighted by Gasteiger charge is -2.09. The van der Waals surface area contributed by atoms with Gasteiger partial charge >= 0.3 is 0 Å². The third kappa shape index (κ3) is 20.2. The molecule has 0 bridgehead atoms. The summed E-state index contributed by atoms with van der Waals surface area (Å²) in [5, 5.41) is 24.8. The van der Waals surface area contributed by atoms with Crippen LogP contribution in [0.1, 0.15) is 0 Å². The molecule has 2 aromatic rings. The van der Waals surface area contributed by atoms with E-state index >= 15 is 0 Å². The van der Waals surface area contributed by atoms with Crippen LogP contribution in [0.2, 0.25) is 0 Å². The van der Waals surface area contributed by atoms with Gasteiger partial charge in [0.1, 0.15) is 18.0 Å². The van der Waals surface area contributed by atoms with Crippen molar-refractivity contribution in [1.29, 1.82) is 0 Å². The van der Waals surface area contributed by atoms with Crippen LogP contribution in [0.4, 0.5) is 22.7 Å². The molecule has 0 heterocycles. The zero-order chi connectivity index (χ0) is 33.8. The number of nitrogens with zero attached hydrogens (tertiary/aromatic N) is 2. The number of benzene rings is 2. The zero-order valence-electron chi connectivity index (χ0n) is 26.5. The van der Waals surface area contributed by atoms with E-state index in [0.29, 0.717) is 118 Å². The van der Waals surface area contributed by atoms with Crippen LogP contribution in [-0.4, -0.2) is 129 Å². The molecule has 264 valence electrons. The van der Waals surface area contributed by atoms with Crippen molar-refractivity contribution in [3.8, 4) is 5.75 Å². The molecule has 0 aliphatic carbocycles. The molecule has 2 aromatic carbocycles. The van der Waals surface area contributed by atoms with Crippen molar-refractivity contribution in [1.82, 2.24) is 0 Å². The number of anilines is 2. The van der Waals surface area contributed by atoms with Crippen LogP contribution in [0, 0.1) is 20.2 Å². The van der Waals surface area contributed by atoms with Gasteiger partial charge in [0.2, 0.25) is 0 Å². The minimum atomic E-state index is -0.682. The Labute approximate surface area is 273 Å². The summed E-state index contributed by atoms with van der Waals surface area (Å²) in [6.07, 6.45) is 0. The highest BCUT2D eigenvalue weighted by Crippen LogP contribution is 2.28. The maximum absolute atomic E-state index is 11.1. The predicted octanol–water partition coefficient (Wildman–Crippen LogP) is 2.71. The molecule has 2 rings (SSSR count). The van der Waals surface area contributed by atoms with Crippen LogP contribution < -0.4 is 15.8 Å². The van der Waals surface area contributed by atoms with Gasteiger partial charge in [-0.15, -0.1) is 0 Å². The van der Waals surface area contributed by atoms with Gasteiger partial charge in [0.15, 0.2) is 0 Å². The summed E-state index contributed by atoms with van der Waals surface area (Å²) >= 11 is 0. The van der Waals surface area contributed by atoms with Gasteiger partial charge in [0.05, 0.1) is 122 Å². The lowest BCUT2D eigenvalue weighted by atomic mass is 10.2. The molecule has 0 saturated carbocycles. The van der Waals surface area contributed by atoms with E-state index in [4.69, 9.17) is 48.4 Å². The topological polar surface area (TPSA) is 207 Å². The number of hydrogen-bond donors (Lipinski definition) is 2. The monoisotopic (exact) mass is 670 g/mol. The number of nitrogens with two attached hydrogens (primary N) is 1. The first-order valence-corrected chi connectivity index (χ1v) is 15.2. The van der Waals surface area contributed by atoms with Gasteiger partial charge < -0.3 is 53.7 Å². The van der Waals surface area contributed by atoms with Gasteiger partial charge in [-0.05, 0) is 30.3 Å². The first-order chi connectivity index (χ1) is 23.0. The summed E-state index contributed by atoms with van der Waals surface area (Å²) in [7, 11) is 0. The van der Waals surface area contributed by atoms with E-state index in [1.807, 2.05) is 12.1 Å². The van der Waals surface area contributed by atoms with Gasteiger partial charge in [-0.3, -0.25) is 20.2 Å². The third-order valence-electron chi connectivity index (χ3n) is 5.93.